The monoisotopic (exact) mass is 264 g/mol. The summed E-state index contributed by atoms with van der Waals surface area (Å²) >= 11 is 0. The van der Waals surface area contributed by atoms with Crippen LogP contribution in [-0.2, 0) is 13.1 Å². The van der Waals surface area contributed by atoms with Crippen LogP contribution in [0.5, 0.6) is 5.75 Å². The molecule has 0 fully saturated rings. The fourth-order valence-electron chi connectivity index (χ4n) is 1.83. The third-order valence-corrected chi connectivity index (χ3v) is 2.90. The fraction of sp³-hybridized carbons (Fsp3) is 0.200. The molecule has 0 bridgehead atoms. The first-order valence-corrected chi connectivity index (χ1v) is 6.07. The SMILES string of the molecule is COc1ccc(C[NH2+]Cc2ccc(F)c(F)c2)cc1. The number of hydrogen-bond donors (Lipinski definition) is 1. The van der Waals surface area contributed by atoms with E-state index in [0.717, 1.165) is 29.5 Å². The molecular weight excluding hydrogens is 248 g/mol. The molecule has 0 unspecified atom stereocenters. The smallest absolute Gasteiger partial charge is 0.159 e. The van der Waals surface area contributed by atoms with E-state index >= 15 is 0 Å². The highest BCUT2D eigenvalue weighted by molar-refractivity contribution is 5.26. The predicted octanol–water partition coefficient (Wildman–Crippen LogP) is 2.24. The van der Waals surface area contributed by atoms with Gasteiger partial charge in [-0.2, -0.15) is 0 Å². The van der Waals surface area contributed by atoms with Gasteiger partial charge in [-0.3, -0.25) is 0 Å². The number of rotatable bonds is 5. The van der Waals surface area contributed by atoms with Crippen molar-refractivity contribution in [2.45, 2.75) is 13.1 Å². The average Bonchev–Trinajstić information content (AvgIpc) is 2.43. The number of nitrogens with two attached hydrogens (primary N) is 1. The molecule has 0 aliphatic rings. The second kappa shape index (κ2) is 6.29. The van der Waals surface area contributed by atoms with E-state index in [9.17, 15) is 8.78 Å². The van der Waals surface area contributed by atoms with Crippen LogP contribution in [0, 0.1) is 11.6 Å². The third kappa shape index (κ3) is 3.76. The highest BCUT2D eigenvalue weighted by atomic mass is 19.2. The van der Waals surface area contributed by atoms with E-state index in [0.29, 0.717) is 6.54 Å². The van der Waals surface area contributed by atoms with E-state index < -0.39 is 11.6 Å². The van der Waals surface area contributed by atoms with Crippen LogP contribution in [0.3, 0.4) is 0 Å². The molecule has 0 radical (unpaired) electrons. The van der Waals surface area contributed by atoms with Crippen molar-refractivity contribution in [3.8, 4) is 5.75 Å². The molecule has 0 aliphatic carbocycles. The number of methoxy groups -OCH3 is 1. The minimum atomic E-state index is -0.807. The predicted molar refractivity (Wildman–Crippen MR) is 68.7 cm³/mol. The van der Waals surface area contributed by atoms with Gasteiger partial charge in [-0.25, -0.2) is 8.78 Å². The fourth-order valence-corrected chi connectivity index (χ4v) is 1.83. The molecule has 0 aliphatic heterocycles. The summed E-state index contributed by atoms with van der Waals surface area (Å²) in [5.41, 5.74) is 1.93. The Hall–Kier alpha value is -1.94. The van der Waals surface area contributed by atoms with Gasteiger partial charge in [0.15, 0.2) is 11.6 Å². The molecule has 2 N–H and O–H groups in total. The number of ether oxygens (including phenoxy) is 1. The molecule has 0 saturated heterocycles. The van der Waals surface area contributed by atoms with Gasteiger partial charge in [-0.05, 0) is 36.4 Å². The summed E-state index contributed by atoms with van der Waals surface area (Å²) < 4.78 is 30.9. The second-order valence-corrected chi connectivity index (χ2v) is 4.29. The van der Waals surface area contributed by atoms with Gasteiger partial charge in [-0.1, -0.05) is 6.07 Å². The molecule has 0 spiro atoms. The molecule has 4 heteroatoms. The molecule has 0 atom stereocenters. The molecule has 0 heterocycles. The zero-order chi connectivity index (χ0) is 13.7. The minimum absolute atomic E-state index is 0.614. The van der Waals surface area contributed by atoms with Gasteiger partial charge in [0.2, 0.25) is 0 Å². The molecule has 0 amide bonds. The van der Waals surface area contributed by atoms with Crippen LogP contribution in [0.15, 0.2) is 42.5 Å². The van der Waals surface area contributed by atoms with Crippen molar-refractivity contribution in [1.29, 1.82) is 0 Å². The number of quaternary nitrogens is 1. The molecule has 2 aromatic rings. The highest BCUT2D eigenvalue weighted by Gasteiger charge is 2.04. The third-order valence-electron chi connectivity index (χ3n) is 2.90. The lowest BCUT2D eigenvalue weighted by Gasteiger charge is -2.04. The summed E-state index contributed by atoms with van der Waals surface area (Å²) in [7, 11) is 1.63. The van der Waals surface area contributed by atoms with Gasteiger partial charge >= 0.3 is 0 Å². The maximum absolute atomic E-state index is 13.0. The lowest BCUT2D eigenvalue weighted by atomic mass is 10.2. The quantitative estimate of drug-likeness (QED) is 0.880. The molecule has 2 rings (SSSR count). The van der Waals surface area contributed by atoms with Gasteiger partial charge in [0, 0.05) is 11.1 Å². The first-order valence-electron chi connectivity index (χ1n) is 6.07. The van der Waals surface area contributed by atoms with Crippen LogP contribution in [0.4, 0.5) is 8.78 Å². The zero-order valence-electron chi connectivity index (χ0n) is 10.7. The van der Waals surface area contributed by atoms with Crippen LogP contribution in [0.25, 0.3) is 0 Å². The van der Waals surface area contributed by atoms with Gasteiger partial charge < -0.3 is 10.1 Å². The first-order chi connectivity index (χ1) is 9.19. The van der Waals surface area contributed by atoms with Crippen molar-refractivity contribution >= 4 is 0 Å². The Bertz CT molecular complexity index is 540. The van der Waals surface area contributed by atoms with Gasteiger partial charge in [0.1, 0.15) is 18.8 Å². The summed E-state index contributed by atoms with van der Waals surface area (Å²) in [4.78, 5) is 0. The van der Waals surface area contributed by atoms with Crippen molar-refractivity contribution in [3.05, 3.63) is 65.2 Å². The molecule has 0 aromatic heterocycles. The summed E-state index contributed by atoms with van der Waals surface area (Å²) in [6.07, 6.45) is 0. The molecule has 19 heavy (non-hydrogen) atoms. The van der Waals surface area contributed by atoms with Crippen molar-refractivity contribution in [2.24, 2.45) is 0 Å². The largest absolute Gasteiger partial charge is 0.497 e. The normalized spacial score (nSPS) is 10.5. The number of hydrogen-bond acceptors (Lipinski definition) is 1. The average molecular weight is 264 g/mol. The Balaban J connectivity index is 1.86. The Morgan fingerprint density at radius 1 is 0.895 bits per heavy atom. The summed E-state index contributed by atoms with van der Waals surface area (Å²) in [5.74, 6) is -0.779. The maximum atomic E-state index is 13.0. The summed E-state index contributed by atoms with van der Waals surface area (Å²) in [6.45, 7) is 1.40. The maximum Gasteiger partial charge on any atom is 0.159 e. The van der Waals surface area contributed by atoms with Gasteiger partial charge in [0.05, 0.1) is 7.11 Å². The number of halogens is 2. The van der Waals surface area contributed by atoms with Crippen LogP contribution >= 0.6 is 0 Å². The molecule has 100 valence electrons. The topological polar surface area (TPSA) is 25.8 Å². The van der Waals surface area contributed by atoms with E-state index in [-0.39, 0.29) is 0 Å². The Morgan fingerprint density at radius 3 is 2.16 bits per heavy atom. The second-order valence-electron chi connectivity index (χ2n) is 4.29. The van der Waals surface area contributed by atoms with Gasteiger partial charge in [0.25, 0.3) is 0 Å². The molecule has 2 aromatic carbocycles. The van der Waals surface area contributed by atoms with E-state index in [2.05, 4.69) is 0 Å². The Kier molecular flexibility index (Phi) is 4.47. The Morgan fingerprint density at radius 2 is 1.53 bits per heavy atom. The highest BCUT2D eigenvalue weighted by Crippen LogP contribution is 2.10. The number of benzene rings is 2. The summed E-state index contributed by atoms with van der Waals surface area (Å²) in [5, 5.41) is 2.04. The molecular formula is C15H16F2NO+. The van der Waals surface area contributed by atoms with Crippen molar-refractivity contribution in [2.75, 3.05) is 7.11 Å². The van der Waals surface area contributed by atoms with E-state index in [1.807, 2.05) is 29.6 Å². The van der Waals surface area contributed by atoms with Crippen molar-refractivity contribution < 1.29 is 18.8 Å². The van der Waals surface area contributed by atoms with E-state index in [1.165, 1.54) is 6.07 Å². The summed E-state index contributed by atoms with van der Waals surface area (Å²) in [6, 6.07) is 11.8. The lowest BCUT2D eigenvalue weighted by Crippen LogP contribution is -2.80. The molecule has 0 saturated carbocycles. The van der Waals surface area contributed by atoms with Crippen LogP contribution in [0.1, 0.15) is 11.1 Å². The zero-order valence-corrected chi connectivity index (χ0v) is 10.7. The van der Waals surface area contributed by atoms with Crippen LogP contribution in [-0.4, -0.2) is 7.11 Å². The van der Waals surface area contributed by atoms with E-state index in [1.54, 1.807) is 13.2 Å². The first kappa shape index (κ1) is 13.5. The van der Waals surface area contributed by atoms with Gasteiger partial charge in [-0.15, -0.1) is 0 Å². The standard InChI is InChI=1S/C15H15F2NO/c1-19-13-5-2-11(3-6-13)9-18-10-12-4-7-14(16)15(17)8-12/h2-8,18H,9-10H2,1H3/p+1. The minimum Gasteiger partial charge on any atom is -0.497 e. The van der Waals surface area contributed by atoms with Crippen LogP contribution in [0.2, 0.25) is 0 Å². The van der Waals surface area contributed by atoms with Crippen molar-refractivity contribution in [3.63, 3.8) is 0 Å². The lowest BCUT2D eigenvalue weighted by molar-refractivity contribution is -0.686. The molecule has 2 nitrogen and oxygen atoms in total. The van der Waals surface area contributed by atoms with E-state index in [4.69, 9.17) is 4.74 Å². The Labute approximate surface area is 111 Å². The van der Waals surface area contributed by atoms with Crippen molar-refractivity contribution in [1.82, 2.24) is 0 Å². The van der Waals surface area contributed by atoms with Crippen LogP contribution < -0.4 is 10.1 Å².